The summed E-state index contributed by atoms with van der Waals surface area (Å²) >= 11 is 1.37. The Balaban J connectivity index is 1.47. The van der Waals surface area contributed by atoms with Gasteiger partial charge in [-0.15, -0.1) is 11.8 Å². The summed E-state index contributed by atoms with van der Waals surface area (Å²) in [5.74, 6) is 0.183. The fourth-order valence-electron chi connectivity index (χ4n) is 3.27. The molecule has 3 aromatic carbocycles. The highest BCUT2D eigenvalue weighted by molar-refractivity contribution is 7.99. The van der Waals surface area contributed by atoms with E-state index < -0.39 is 23.4 Å². The van der Waals surface area contributed by atoms with Crippen molar-refractivity contribution >= 4 is 35.1 Å². The van der Waals surface area contributed by atoms with E-state index in [2.05, 4.69) is 10.6 Å². The number of amides is 2. The molecule has 32 heavy (non-hydrogen) atoms. The molecular weight excluding hydrogens is 428 g/mol. The van der Waals surface area contributed by atoms with Gasteiger partial charge in [0.25, 0.3) is 5.91 Å². The van der Waals surface area contributed by atoms with Gasteiger partial charge in [-0.2, -0.15) is 0 Å². The first-order valence-electron chi connectivity index (χ1n) is 9.95. The number of rotatable bonds is 5. The number of aliphatic hydroxyl groups excluding tert-OH is 1. The summed E-state index contributed by atoms with van der Waals surface area (Å²) in [6.07, 6.45) is -1.84. The highest BCUT2D eigenvalue weighted by Gasteiger charge is 2.33. The van der Waals surface area contributed by atoms with Gasteiger partial charge < -0.3 is 19.9 Å². The molecule has 8 heteroatoms. The maximum absolute atomic E-state index is 12.6. The molecule has 164 valence electrons. The molecule has 0 aromatic heterocycles. The van der Waals surface area contributed by atoms with Crippen LogP contribution in [0.15, 0.2) is 77.7 Å². The van der Waals surface area contributed by atoms with Gasteiger partial charge in [0.1, 0.15) is 18.5 Å². The molecule has 0 saturated carbocycles. The Morgan fingerprint density at radius 3 is 2.56 bits per heavy atom. The lowest BCUT2D eigenvalue weighted by molar-refractivity contribution is -0.124. The summed E-state index contributed by atoms with van der Waals surface area (Å²) in [5, 5.41) is 15.5. The van der Waals surface area contributed by atoms with Gasteiger partial charge in [-0.3, -0.25) is 10.1 Å². The van der Waals surface area contributed by atoms with Crippen LogP contribution in [0.5, 0.6) is 5.75 Å². The second-order valence-electron chi connectivity index (χ2n) is 7.14. The average Bonchev–Trinajstić information content (AvgIpc) is 2.94. The molecule has 0 unspecified atom stereocenters. The van der Waals surface area contributed by atoms with Crippen molar-refractivity contribution in [3.8, 4) is 5.75 Å². The molecule has 1 aliphatic heterocycles. The van der Waals surface area contributed by atoms with Crippen molar-refractivity contribution in [1.29, 1.82) is 0 Å². The van der Waals surface area contributed by atoms with E-state index in [-0.39, 0.29) is 6.61 Å². The third-order valence-electron chi connectivity index (χ3n) is 4.95. The van der Waals surface area contributed by atoms with E-state index in [1.54, 1.807) is 37.4 Å². The van der Waals surface area contributed by atoms with Gasteiger partial charge in [0, 0.05) is 10.6 Å². The minimum absolute atomic E-state index is 0.153. The number of thioether (sulfide) groups is 1. The van der Waals surface area contributed by atoms with Crippen LogP contribution in [0, 0.1) is 0 Å². The number of carbonyl (C=O) groups excluding carboxylic acids is 2. The van der Waals surface area contributed by atoms with Gasteiger partial charge >= 0.3 is 6.09 Å². The lowest BCUT2D eigenvalue weighted by Crippen LogP contribution is -2.30. The van der Waals surface area contributed by atoms with E-state index in [4.69, 9.17) is 9.47 Å². The zero-order chi connectivity index (χ0) is 22.5. The molecule has 7 nitrogen and oxygen atoms in total. The normalized spacial score (nSPS) is 17.5. The quantitative estimate of drug-likeness (QED) is 0.526. The second-order valence-corrected chi connectivity index (χ2v) is 8.33. The molecule has 3 N–H and O–H groups in total. The van der Waals surface area contributed by atoms with Crippen LogP contribution in [0.2, 0.25) is 0 Å². The molecule has 0 radical (unpaired) electrons. The van der Waals surface area contributed by atoms with Crippen LogP contribution >= 0.6 is 11.8 Å². The van der Waals surface area contributed by atoms with E-state index in [1.807, 2.05) is 42.5 Å². The van der Waals surface area contributed by atoms with Crippen LogP contribution in [-0.2, 0) is 16.1 Å². The van der Waals surface area contributed by atoms with Crippen molar-refractivity contribution < 1.29 is 24.2 Å². The zero-order valence-corrected chi connectivity index (χ0v) is 18.1. The average molecular weight is 451 g/mol. The minimum Gasteiger partial charge on any atom is -0.497 e. The Morgan fingerprint density at radius 1 is 1.09 bits per heavy atom. The summed E-state index contributed by atoms with van der Waals surface area (Å²) in [6, 6.07) is 21.8. The van der Waals surface area contributed by atoms with Crippen molar-refractivity contribution in [2.75, 3.05) is 17.7 Å². The first kappa shape index (κ1) is 21.7. The second kappa shape index (κ2) is 9.76. The molecule has 1 aliphatic rings. The number of benzene rings is 3. The van der Waals surface area contributed by atoms with E-state index in [9.17, 15) is 14.7 Å². The molecule has 1 heterocycles. The largest absolute Gasteiger partial charge is 0.497 e. The Morgan fingerprint density at radius 2 is 1.84 bits per heavy atom. The Bertz CT molecular complexity index is 1110. The van der Waals surface area contributed by atoms with Gasteiger partial charge in [0.15, 0.2) is 0 Å². The van der Waals surface area contributed by atoms with Crippen LogP contribution in [0.1, 0.15) is 16.4 Å². The number of nitrogens with one attached hydrogen (secondary N) is 2. The highest BCUT2D eigenvalue weighted by Crippen LogP contribution is 2.44. The van der Waals surface area contributed by atoms with Gasteiger partial charge in [-0.1, -0.05) is 42.5 Å². The molecule has 0 spiro atoms. The SMILES string of the molecule is COc1ccc([C@H]2Sc3ccc(NC(=O)OCc4ccccc4)cc3NC(=O)[C@H]2O)cc1. The molecule has 2 amide bonds. The van der Waals surface area contributed by atoms with Crippen molar-refractivity contribution in [2.24, 2.45) is 0 Å². The summed E-state index contributed by atoms with van der Waals surface area (Å²) < 4.78 is 10.4. The number of ether oxygens (including phenoxy) is 2. The predicted molar refractivity (Wildman–Crippen MR) is 123 cm³/mol. The molecular formula is C24H22N2O5S. The number of aliphatic hydroxyl groups is 1. The zero-order valence-electron chi connectivity index (χ0n) is 17.3. The fourth-order valence-corrected chi connectivity index (χ4v) is 4.48. The number of hydrogen-bond donors (Lipinski definition) is 3. The van der Waals surface area contributed by atoms with E-state index in [1.165, 1.54) is 11.8 Å². The number of carbonyl (C=O) groups is 2. The number of hydrogen-bond acceptors (Lipinski definition) is 6. The van der Waals surface area contributed by atoms with Crippen LogP contribution in [-0.4, -0.2) is 30.3 Å². The minimum atomic E-state index is -1.24. The lowest BCUT2D eigenvalue weighted by atomic mass is 10.1. The van der Waals surface area contributed by atoms with Gasteiger partial charge in [-0.05, 0) is 41.5 Å². The summed E-state index contributed by atoms with van der Waals surface area (Å²) in [7, 11) is 1.58. The van der Waals surface area contributed by atoms with E-state index in [0.29, 0.717) is 17.1 Å². The van der Waals surface area contributed by atoms with Crippen LogP contribution in [0.25, 0.3) is 0 Å². The van der Waals surface area contributed by atoms with Gasteiger partial charge in [-0.25, -0.2) is 4.79 Å². The summed E-state index contributed by atoms with van der Waals surface area (Å²) in [5.41, 5.74) is 2.67. The molecule has 0 aliphatic carbocycles. The maximum atomic E-state index is 12.6. The topological polar surface area (TPSA) is 96.9 Å². The lowest BCUT2D eigenvalue weighted by Gasteiger charge is -2.19. The summed E-state index contributed by atoms with van der Waals surface area (Å²) in [6.45, 7) is 0.153. The molecule has 4 rings (SSSR count). The maximum Gasteiger partial charge on any atom is 0.411 e. The van der Waals surface area contributed by atoms with Crippen LogP contribution in [0.3, 0.4) is 0 Å². The van der Waals surface area contributed by atoms with Crippen LogP contribution in [0.4, 0.5) is 16.2 Å². The first-order valence-corrected chi connectivity index (χ1v) is 10.8. The molecule has 3 aromatic rings. The summed E-state index contributed by atoms with van der Waals surface area (Å²) in [4.78, 5) is 25.5. The predicted octanol–water partition coefficient (Wildman–Crippen LogP) is 4.59. The standard InChI is InChI=1S/C24H22N2O5S/c1-30-18-10-7-16(8-11-18)22-21(27)23(28)26-19-13-17(9-12-20(19)32-22)25-24(29)31-14-15-5-3-2-4-6-15/h2-13,21-22,27H,14H2,1H3,(H,25,29)(H,26,28)/t21-,22+/m0/s1. The Hall–Kier alpha value is -3.49. The Labute approximate surface area is 189 Å². The number of fused-ring (bicyclic) bond motifs is 1. The van der Waals surface area contributed by atoms with Gasteiger partial charge in [0.05, 0.1) is 18.0 Å². The third-order valence-corrected chi connectivity index (χ3v) is 6.34. The monoisotopic (exact) mass is 450 g/mol. The number of anilines is 2. The third kappa shape index (κ3) is 5.04. The van der Waals surface area contributed by atoms with E-state index >= 15 is 0 Å². The van der Waals surface area contributed by atoms with Gasteiger partial charge in [0.2, 0.25) is 0 Å². The molecule has 0 bridgehead atoms. The van der Waals surface area contributed by atoms with Crippen molar-refractivity contribution in [3.05, 3.63) is 83.9 Å². The van der Waals surface area contributed by atoms with Crippen molar-refractivity contribution in [3.63, 3.8) is 0 Å². The Kier molecular flexibility index (Phi) is 6.63. The van der Waals surface area contributed by atoms with Crippen LogP contribution < -0.4 is 15.4 Å². The number of methoxy groups -OCH3 is 1. The van der Waals surface area contributed by atoms with Crippen molar-refractivity contribution in [2.45, 2.75) is 22.9 Å². The van der Waals surface area contributed by atoms with E-state index in [0.717, 1.165) is 16.0 Å². The molecule has 0 saturated heterocycles. The molecule has 0 fully saturated rings. The smallest absolute Gasteiger partial charge is 0.411 e. The first-order chi connectivity index (χ1) is 15.5. The highest BCUT2D eigenvalue weighted by atomic mass is 32.2. The molecule has 2 atom stereocenters. The fraction of sp³-hybridized carbons (Fsp3) is 0.167. The van der Waals surface area contributed by atoms with Crippen molar-refractivity contribution in [1.82, 2.24) is 0 Å².